The smallest absolute Gasteiger partial charge is 0.0630 e. The molecule has 2 aromatic carbocycles. The summed E-state index contributed by atoms with van der Waals surface area (Å²) in [5.41, 5.74) is 5.53. The molecule has 0 aliphatic rings. The van der Waals surface area contributed by atoms with Crippen LogP contribution >= 0.6 is 34.2 Å². The van der Waals surface area contributed by atoms with E-state index in [4.69, 9.17) is 11.6 Å². The predicted octanol–water partition coefficient (Wildman–Crippen LogP) is 6.10. The first-order chi connectivity index (χ1) is 11.0. The molecular weight excluding hydrogens is 419 g/mol. The van der Waals surface area contributed by atoms with Gasteiger partial charge in [0.15, 0.2) is 0 Å². The number of aromatic nitrogens is 1. The molecule has 0 saturated carbocycles. The Bertz CT molecular complexity index is 846. The standard InChI is InChI=1S/C19H16ClIN2/c1-13-11-15(12-22-18-7-5-17(21)6-8-18)14(2)23(13)19-9-3-16(20)4-10-19/h3-12H,1-2H3. The maximum Gasteiger partial charge on any atom is 0.0630 e. The lowest BCUT2D eigenvalue weighted by Gasteiger charge is -2.09. The van der Waals surface area contributed by atoms with Gasteiger partial charge in [0.05, 0.1) is 5.69 Å². The molecule has 0 atom stereocenters. The summed E-state index contributed by atoms with van der Waals surface area (Å²) in [7, 11) is 0. The number of rotatable bonds is 3. The Morgan fingerprint density at radius 1 is 1.00 bits per heavy atom. The Morgan fingerprint density at radius 2 is 1.65 bits per heavy atom. The van der Waals surface area contributed by atoms with Crippen LogP contribution in [0.3, 0.4) is 0 Å². The molecular formula is C19H16ClIN2. The van der Waals surface area contributed by atoms with Gasteiger partial charge < -0.3 is 4.57 Å². The summed E-state index contributed by atoms with van der Waals surface area (Å²) >= 11 is 8.28. The molecule has 0 spiro atoms. The third kappa shape index (κ3) is 3.67. The minimum atomic E-state index is 0.747. The van der Waals surface area contributed by atoms with Gasteiger partial charge in [-0.2, -0.15) is 0 Å². The summed E-state index contributed by atoms with van der Waals surface area (Å²) in [5.74, 6) is 0. The van der Waals surface area contributed by atoms with E-state index in [-0.39, 0.29) is 0 Å². The van der Waals surface area contributed by atoms with Gasteiger partial charge in [-0.15, -0.1) is 0 Å². The fourth-order valence-electron chi connectivity index (χ4n) is 2.58. The first kappa shape index (κ1) is 16.3. The summed E-state index contributed by atoms with van der Waals surface area (Å²) in [6.45, 7) is 4.21. The Kier molecular flexibility index (Phi) is 4.87. The molecule has 0 N–H and O–H groups in total. The zero-order valence-electron chi connectivity index (χ0n) is 12.9. The van der Waals surface area contributed by atoms with E-state index < -0.39 is 0 Å². The lowest BCUT2D eigenvalue weighted by atomic mass is 10.2. The van der Waals surface area contributed by atoms with Gasteiger partial charge in [0.2, 0.25) is 0 Å². The number of hydrogen-bond donors (Lipinski definition) is 0. The van der Waals surface area contributed by atoms with Crippen LogP contribution in [0.2, 0.25) is 5.02 Å². The van der Waals surface area contributed by atoms with E-state index in [2.05, 4.69) is 64.2 Å². The SMILES string of the molecule is Cc1cc(C=Nc2ccc(I)cc2)c(C)n1-c1ccc(Cl)cc1. The Balaban J connectivity index is 1.94. The fraction of sp³-hybridized carbons (Fsp3) is 0.105. The second kappa shape index (κ2) is 6.89. The van der Waals surface area contributed by atoms with Crippen LogP contribution in [-0.2, 0) is 0 Å². The van der Waals surface area contributed by atoms with E-state index in [9.17, 15) is 0 Å². The number of aliphatic imine (C=N–C) groups is 1. The minimum Gasteiger partial charge on any atom is -0.318 e. The third-order valence-corrected chi connectivity index (χ3v) is 4.71. The zero-order valence-corrected chi connectivity index (χ0v) is 15.8. The number of aryl methyl sites for hydroxylation is 1. The Labute approximate surface area is 155 Å². The topological polar surface area (TPSA) is 17.3 Å². The molecule has 2 nitrogen and oxygen atoms in total. The summed E-state index contributed by atoms with van der Waals surface area (Å²) in [6, 6.07) is 18.2. The highest BCUT2D eigenvalue weighted by molar-refractivity contribution is 14.1. The molecule has 116 valence electrons. The van der Waals surface area contributed by atoms with E-state index in [0.717, 1.165) is 22.0 Å². The van der Waals surface area contributed by atoms with E-state index in [1.807, 2.05) is 42.6 Å². The van der Waals surface area contributed by atoms with Crippen LogP contribution in [0.1, 0.15) is 17.0 Å². The first-order valence-electron chi connectivity index (χ1n) is 7.29. The summed E-state index contributed by atoms with van der Waals surface area (Å²) < 4.78 is 3.42. The van der Waals surface area contributed by atoms with E-state index in [1.54, 1.807) is 0 Å². The van der Waals surface area contributed by atoms with Gasteiger partial charge in [-0.25, -0.2) is 0 Å². The molecule has 1 heterocycles. The van der Waals surface area contributed by atoms with Gasteiger partial charge in [-0.1, -0.05) is 11.6 Å². The van der Waals surface area contributed by atoms with Crippen LogP contribution in [0.25, 0.3) is 5.69 Å². The van der Waals surface area contributed by atoms with Crippen molar-refractivity contribution in [2.75, 3.05) is 0 Å². The van der Waals surface area contributed by atoms with Crippen molar-refractivity contribution in [1.82, 2.24) is 4.57 Å². The number of benzene rings is 2. The average molecular weight is 435 g/mol. The van der Waals surface area contributed by atoms with Crippen molar-refractivity contribution in [3.05, 3.63) is 80.1 Å². The highest BCUT2D eigenvalue weighted by atomic mass is 127. The van der Waals surface area contributed by atoms with Crippen LogP contribution in [0.5, 0.6) is 0 Å². The van der Waals surface area contributed by atoms with Crippen molar-refractivity contribution < 1.29 is 0 Å². The van der Waals surface area contributed by atoms with Crippen molar-refractivity contribution in [2.24, 2.45) is 4.99 Å². The second-order valence-electron chi connectivity index (χ2n) is 5.37. The maximum absolute atomic E-state index is 5.98. The zero-order chi connectivity index (χ0) is 16.4. The highest BCUT2D eigenvalue weighted by Crippen LogP contribution is 2.22. The molecule has 0 aliphatic carbocycles. The predicted molar refractivity (Wildman–Crippen MR) is 107 cm³/mol. The molecule has 0 bridgehead atoms. The molecule has 0 amide bonds. The van der Waals surface area contributed by atoms with Crippen molar-refractivity contribution in [1.29, 1.82) is 0 Å². The molecule has 4 heteroatoms. The average Bonchev–Trinajstić information content (AvgIpc) is 2.82. The molecule has 0 radical (unpaired) electrons. The van der Waals surface area contributed by atoms with E-state index >= 15 is 0 Å². The van der Waals surface area contributed by atoms with Crippen molar-refractivity contribution in [2.45, 2.75) is 13.8 Å². The fourth-order valence-corrected chi connectivity index (χ4v) is 3.06. The summed E-state index contributed by atoms with van der Waals surface area (Å²) in [6.07, 6.45) is 1.93. The second-order valence-corrected chi connectivity index (χ2v) is 7.05. The summed E-state index contributed by atoms with van der Waals surface area (Å²) in [5, 5.41) is 0.747. The van der Waals surface area contributed by atoms with Crippen LogP contribution < -0.4 is 0 Å². The van der Waals surface area contributed by atoms with Crippen molar-refractivity contribution in [3.63, 3.8) is 0 Å². The van der Waals surface area contributed by atoms with Gasteiger partial charge in [0.1, 0.15) is 0 Å². The van der Waals surface area contributed by atoms with Crippen LogP contribution in [0.15, 0.2) is 59.6 Å². The Hall–Kier alpha value is -1.59. The van der Waals surface area contributed by atoms with Gasteiger partial charge >= 0.3 is 0 Å². The lowest BCUT2D eigenvalue weighted by Crippen LogP contribution is -1.99. The maximum atomic E-state index is 5.98. The normalized spacial score (nSPS) is 11.3. The van der Waals surface area contributed by atoms with Crippen LogP contribution in [0, 0.1) is 17.4 Å². The van der Waals surface area contributed by atoms with Crippen LogP contribution in [0.4, 0.5) is 5.69 Å². The first-order valence-corrected chi connectivity index (χ1v) is 8.75. The quantitative estimate of drug-likeness (QED) is 0.350. The van der Waals surface area contributed by atoms with E-state index in [1.165, 1.54) is 15.0 Å². The molecule has 0 unspecified atom stereocenters. The van der Waals surface area contributed by atoms with E-state index in [0.29, 0.717) is 0 Å². The van der Waals surface area contributed by atoms with Gasteiger partial charge in [0.25, 0.3) is 0 Å². The van der Waals surface area contributed by atoms with Crippen molar-refractivity contribution in [3.8, 4) is 5.69 Å². The number of hydrogen-bond acceptors (Lipinski definition) is 1. The molecule has 3 aromatic rings. The molecule has 0 fully saturated rings. The molecule has 0 saturated heterocycles. The minimum absolute atomic E-state index is 0.747. The monoisotopic (exact) mass is 434 g/mol. The molecule has 0 aliphatic heterocycles. The lowest BCUT2D eigenvalue weighted by molar-refractivity contribution is 0.965. The van der Waals surface area contributed by atoms with Gasteiger partial charge in [-0.3, -0.25) is 4.99 Å². The molecule has 23 heavy (non-hydrogen) atoms. The molecule has 3 rings (SSSR count). The number of halogens is 2. The summed E-state index contributed by atoms with van der Waals surface area (Å²) in [4.78, 5) is 4.58. The van der Waals surface area contributed by atoms with Gasteiger partial charge in [-0.05, 0) is 91.0 Å². The van der Waals surface area contributed by atoms with Gasteiger partial charge in [0, 0.05) is 37.4 Å². The largest absolute Gasteiger partial charge is 0.318 e. The van der Waals surface area contributed by atoms with Crippen LogP contribution in [-0.4, -0.2) is 10.8 Å². The van der Waals surface area contributed by atoms with Crippen molar-refractivity contribution >= 4 is 46.1 Å². The molecule has 1 aromatic heterocycles. The Morgan fingerprint density at radius 3 is 2.30 bits per heavy atom. The third-order valence-electron chi connectivity index (χ3n) is 3.73. The highest BCUT2D eigenvalue weighted by Gasteiger charge is 2.09. The number of nitrogens with zero attached hydrogens (tertiary/aromatic N) is 2.